The molecule has 0 saturated carbocycles. The highest BCUT2D eigenvalue weighted by Crippen LogP contribution is 2.25. The number of benzene rings is 1. The summed E-state index contributed by atoms with van der Waals surface area (Å²) >= 11 is 1.56. The van der Waals surface area contributed by atoms with Crippen molar-refractivity contribution >= 4 is 22.9 Å². The van der Waals surface area contributed by atoms with Crippen molar-refractivity contribution in [3.05, 3.63) is 41.4 Å². The minimum absolute atomic E-state index is 0.155. The smallest absolute Gasteiger partial charge is 0.273 e. The second kappa shape index (κ2) is 9.13. The van der Waals surface area contributed by atoms with Gasteiger partial charge in [0.25, 0.3) is 11.1 Å². The fourth-order valence-electron chi connectivity index (χ4n) is 4.30. The van der Waals surface area contributed by atoms with Gasteiger partial charge in [0.2, 0.25) is 0 Å². The molecule has 0 spiro atoms. The molecule has 4 rings (SSSR count). The number of aromatic nitrogens is 1. The second-order valence-corrected chi connectivity index (χ2v) is 8.98. The summed E-state index contributed by atoms with van der Waals surface area (Å²) in [6.45, 7) is 3.82. The molecule has 6 nitrogen and oxygen atoms in total. The SMILES string of the molecule is CN(C)c1cccc(C(=O)N2CCC(N3CCC(Oc4nccs4)CC3)CC2)c1. The van der Waals surface area contributed by atoms with E-state index in [0.29, 0.717) is 6.04 Å². The summed E-state index contributed by atoms with van der Waals surface area (Å²) in [5.74, 6) is 0.155. The predicted molar refractivity (Wildman–Crippen MR) is 117 cm³/mol. The molecule has 29 heavy (non-hydrogen) atoms. The molecular formula is C22H30N4O2S. The zero-order valence-electron chi connectivity index (χ0n) is 17.3. The molecule has 0 bridgehead atoms. The summed E-state index contributed by atoms with van der Waals surface area (Å²) in [6, 6.07) is 8.49. The van der Waals surface area contributed by atoms with E-state index in [2.05, 4.69) is 9.88 Å². The highest BCUT2D eigenvalue weighted by Gasteiger charge is 2.30. The number of thiazole rings is 1. The van der Waals surface area contributed by atoms with Crippen LogP contribution in [-0.4, -0.2) is 73.1 Å². The predicted octanol–water partition coefficient (Wildman–Crippen LogP) is 3.36. The third-order valence-corrected chi connectivity index (χ3v) is 6.69. The maximum Gasteiger partial charge on any atom is 0.273 e. The molecule has 1 aromatic heterocycles. The van der Waals surface area contributed by atoms with E-state index >= 15 is 0 Å². The summed E-state index contributed by atoms with van der Waals surface area (Å²) in [7, 11) is 4.00. The lowest BCUT2D eigenvalue weighted by Gasteiger charge is -2.41. The molecular weight excluding hydrogens is 384 g/mol. The Morgan fingerprint density at radius 3 is 2.55 bits per heavy atom. The molecule has 2 aromatic rings. The Hall–Kier alpha value is -2.12. The highest BCUT2D eigenvalue weighted by molar-refractivity contribution is 7.11. The van der Waals surface area contributed by atoms with Crippen LogP contribution >= 0.6 is 11.3 Å². The van der Waals surface area contributed by atoms with Gasteiger partial charge in [-0.2, -0.15) is 0 Å². The molecule has 0 aliphatic carbocycles. The standard InChI is InChI=1S/C22H30N4O2S/c1-24(2)19-5-3-4-17(16-19)21(27)26-11-6-18(7-12-26)25-13-8-20(9-14-25)28-22-23-10-15-29-22/h3-5,10,15-16,18,20H,6-9,11-14H2,1-2H3. The van der Waals surface area contributed by atoms with Crippen LogP contribution in [0.3, 0.4) is 0 Å². The van der Waals surface area contributed by atoms with Gasteiger partial charge in [-0.1, -0.05) is 17.4 Å². The summed E-state index contributed by atoms with van der Waals surface area (Å²) < 4.78 is 5.98. The van der Waals surface area contributed by atoms with Crippen LogP contribution in [0.2, 0.25) is 0 Å². The van der Waals surface area contributed by atoms with Crippen molar-refractivity contribution in [3.63, 3.8) is 0 Å². The van der Waals surface area contributed by atoms with Crippen LogP contribution in [0.1, 0.15) is 36.0 Å². The van der Waals surface area contributed by atoms with Crippen molar-refractivity contribution in [2.75, 3.05) is 45.2 Å². The minimum atomic E-state index is 0.155. The third kappa shape index (κ3) is 4.90. The van der Waals surface area contributed by atoms with Crippen LogP contribution in [0.4, 0.5) is 5.69 Å². The maximum absolute atomic E-state index is 12.9. The number of nitrogens with zero attached hydrogens (tertiary/aromatic N) is 4. The van der Waals surface area contributed by atoms with Crippen LogP contribution in [0.5, 0.6) is 5.19 Å². The lowest BCUT2D eigenvalue weighted by molar-refractivity contribution is 0.0425. The molecule has 3 heterocycles. The van der Waals surface area contributed by atoms with Crippen LogP contribution in [-0.2, 0) is 0 Å². The van der Waals surface area contributed by atoms with Crippen molar-refractivity contribution in [3.8, 4) is 5.19 Å². The lowest BCUT2D eigenvalue weighted by atomic mass is 9.98. The van der Waals surface area contributed by atoms with E-state index in [9.17, 15) is 4.79 Å². The number of hydrogen-bond donors (Lipinski definition) is 0. The fourth-order valence-corrected chi connectivity index (χ4v) is 4.86. The van der Waals surface area contributed by atoms with E-state index in [1.807, 2.05) is 53.5 Å². The lowest BCUT2D eigenvalue weighted by Crippen LogP contribution is -2.50. The molecule has 0 N–H and O–H groups in total. The van der Waals surface area contributed by atoms with E-state index in [-0.39, 0.29) is 12.0 Å². The number of likely N-dealkylation sites (tertiary alicyclic amines) is 2. The normalized spacial score (nSPS) is 19.3. The topological polar surface area (TPSA) is 48.9 Å². The van der Waals surface area contributed by atoms with E-state index < -0.39 is 0 Å². The van der Waals surface area contributed by atoms with Gasteiger partial charge in [0.05, 0.1) is 0 Å². The van der Waals surface area contributed by atoms with Gasteiger partial charge >= 0.3 is 0 Å². The summed E-state index contributed by atoms with van der Waals surface area (Å²) in [5, 5.41) is 2.74. The van der Waals surface area contributed by atoms with Crippen molar-refractivity contribution in [1.29, 1.82) is 0 Å². The number of ether oxygens (including phenoxy) is 1. The number of anilines is 1. The molecule has 2 saturated heterocycles. The molecule has 1 amide bonds. The Morgan fingerprint density at radius 1 is 1.14 bits per heavy atom. The van der Waals surface area contributed by atoms with Crippen LogP contribution in [0, 0.1) is 0 Å². The molecule has 7 heteroatoms. The Bertz CT molecular complexity index is 795. The molecule has 0 atom stereocenters. The molecule has 2 fully saturated rings. The number of piperidine rings is 2. The van der Waals surface area contributed by atoms with Crippen LogP contribution in [0.25, 0.3) is 0 Å². The van der Waals surface area contributed by atoms with Gasteiger partial charge in [0, 0.05) is 69.1 Å². The third-order valence-electron chi connectivity index (χ3n) is 6.03. The number of rotatable bonds is 5. The van der Waals surface area contributed by atoms with E-state index in [4.69, 9.17) is 4.74 Å². The first kappa shape index (κ1) is 20.2. The Morgan fingerprint density at radius 2 is 1.90 bits per heavy atom. The molecule has 156 valence electrons. The fraction of sp³-hybridized carbons (Fsp3) is 0.545. The first-order chi connectivity index (χ1) is 14.1. The zero-order chi connectivity index (χ0) is 20.2. The zero-order valence-corrected chi connectivity index (χ0v) is 18.1. The van der Waals surface area contributed by atoms with Gasteiger partial charge in [-0.3, -0.25) is 9.69 Å². The van der Waals surface area contributed by atoms with Crippen molar-refractivity contribution in [1.82, 2.24) is 14.8 Å². The maximum atomic E-state index is 12.9. The second-order valence-electron chi connectivity index (χ2n) is 8.12. The first-order valence-electron chi connectivity index (χ1n) is 10.5. The summed E-state index contributed by atoms with van der Waals surface area (Å²) in [5.41, 5.74) is 1.85. The quantitative estimate of drug-likeness (QED) is 0.751. The van der Waals surface area contributed by atoms with Gasteiger partial charge in [0.1, 0.15) is 6.10 Å². The molecule has 2 aliphatic heterocycles. The van der Waals surface area contributed by atoms with Gasteiger partial charge in [-0.25, -0.2) is 4.98 Å². The number of hydrogen-bond acceptors (Lipinski definition) is 6. The average Bonchev–Trinajstić information content (AvgIpc) is 3.27. The van der Waals surface area contributed by atoms with E-state index in [1.165, 1.54) is 0 Å². The minimum Gasteiger partial charge on any atom is -0.467 e. The van der Waals surface area contributed by atoms with Gasteiger partial charge in [-0.05, 0) is 43.9 Å². The van der Waals surface area contributed by atoms with Crippen molar-refractivity contribution in [2.24, 2.45) is 0 Å². The van der Waals surface area contributed by atoms with Crippen LogP contribution < -0.4 is 9.64 Å². The first-order valence-corrected chi connectivity index (χ1v) is 11.3. The number of amides is 1. The average molecular weight is 415 g/mol. The number of carbonyl (C=O) groups excluding carboxylic acids is 1. The Balaban J connectivity index is 1.25. The van der Waals surface area contributed by atoms with Crippen molar-refractivity contribution < 1.29 is 9.53 Å². The molecule has 0 radical (unpaired) electrons. The largest absolute Gasteiger partial charge is 0.467 e. The number of carbonyl (C=O) groups is 1. The molecule has 0 unspecified atom stereocenters. The Labute approximate surface area is 177 Å². The van der Waals surface area contributed by atoms with Gasteiger partial charge < -0.3 is 14.5 Å². The highest BCUT2D eigenvalue weighted by atomic mass is 32.1. The Kier molecular flexibility index (Phi) is 6.35. The summed E-state index contributed by atoms with van der Waals surface area (Å²) in [4.78, 5) is 23.8. The van der Waals surface area contributed by atoms with Gasteiger partial charge in [0.15, 0.2) is 0 Å². The molecule has 2 aliphatic rings. The summed E-state index contributed by atoms with van der Waals surface area (Å²) in [6.07, 6.45) is 6.28. The van der Waals surface area contributed by atoms with Gasteiger partial charge in [-0.15, -0.1) is 0 Å². The van der Waals surface area contributed by atoms with Crippen molar-refractivity contribution in [2.45, 2.75) is 37.8 Å². The van der Waals surface area contributed by atoms with E-state index in [1.54, 1.807) is 17.5 Å². The molecule has 1 aromatic carbocycles. The van der Waals surface area contributed by atoms with Crippen LogP contribution in [0.15, 0.2) is 35.8 Å². The van der Waals surface area contributed by atoms with E-state index in [0.717, 1.165) is 68.3 Å². The monoisotopic (exact) mass is 414 g/mol.